The van der Waals surface area contributed by atoms with E-state index in [4.69, 9.17) is 0 Å². The second-order valence-corrected chi connectivity index (χ2v) is 6.81. The van der Waals surface area contributed by atoms with Crippen LogP contribution in [0.5, 0.6) is 0 Å². The molecule has 0 amide bonds. The zero-order valence-corrected chi connectivity index (χ0v) is 14.3. The molecule has 2 N–H and O–H groups in total. The third-order valence-electron chi connectivity index (χ3n) is 3.81. The van der Waals surface area contributed by atoms with E-state index in [-0.39, 0.29) is 0 Å². The number of hydrogen-bond donors (Lipinski definition) is 2. The second kappa shape index (κ2) is 6.09. The lowest BCUT2D eigenvalue weighted by atomic mass is 10.2. The summed E-state index contributed by atoms with van der Waals surface area (Å²) in [5.74, 6) is 2.72. The van der Waals surface area contributed by atoms with E-state index >= 15 is 0 Å². The lowest BCUT2D eigenvalue weighted by molar-refractivity contribution is 0.562. The highest BCUT2D eigenvalue weighted by Crippen LogP contribution is 2.31. The van der Waals surface area contributed by atoms with Crippen LogP contribution in [0.1, 0.15) is 17.1 Å². The van der Waals surface area contributed by atoms with Crippen LogP contribution in [0.25, 0.3) is 5.82 Å². The van der Waals surface area contributed by atoms with Crippen LogP contribution in [0.3, 0.4) is 0 Å². The molecular weight excluding hydrogens is 320 g/mol. The standard InChI is InChI=1S/C17H18N6S/c1-12-5-3-4-6-14(12)24-22-10-16-18-7-8-23(16)17(11-22)19-15-9-13(2)20-21-15/h3-9,11H,10H2,1-2H3,(H2,19,20,21). The maximum absolute atomic E-state index is 4.47. The first kappa shape index (κ1) is 14.9. The molecule has 2 aromatic heterocycles. The molecule has 0 saturated heterocycles. The van der Waals surface area contributed by atoms with Gasteiger partial charge in [-0.3, -0.25) is 9.67 Å². The van der Waals surface area contributed by atoms with Crippen LogP contribution in [0, 0.1) is 13.8 Å². The maximum atomic E-state index is 4.47. The maximum Gasteiger partial charge on any atom is 0.153 e. The Morgan fingerprint density at radius 3 is 2.92 bits per heavy atom. The number of rotatable bonds is 4. The highest BCUT2D eigenvalue weighted by Gasteiger charge is 2.19. The van der Waals surface area contributed by atoms with E-state index in [0.717, 1.165) is 29.7 Å². The van der Waals surface area contributed by atoms with Gasteiger partial charge in [-0.1, -0.05) is 18.2 Å². The van der Waals surface area contributed by atoms with Crippen LogP contribution >= 0.6 is 11.9 Å². The van der Waals surface area contributed by atoms with Gasteiger partial charge in [0, 0.05) is 29.0 Å². The van der Waals surface area contributed by atoms with Gasteiger partial charge in [-0.25, -0.2) is 4.98 Å². The molecule has 0 unspecified atom stereocenters. The Bertz CT molecular complexity index is 894. The van der Waals surface area contributed by atoms with Crippen molar-refractivity contribution in [2.24, 2.45) is 0 Å². The first-order chi connectivity index (χ1) is 11.7. The SMILES string of the molecule is Cc1cc(NC2=CN(Sc3ccccc3C)Cc3nccn32)n[nH]1. The van der Waals surface area contributed by atoms with Gasteiger partial charge in [0.25, 0.3) is 0 Å². The molecule has 6 nitrogen and oxygen atoms in total. The van der Waals surface area contributed by atoms with Crippen LogP contribution in [0.2, 0.25) is 0 Å². The zero-order valence-electron chi connectivity index (χ0n) is 13.5. The van der Waals surface area contributed by atoms with Crippen molar-refractivity contribution < 1.29 is 0 Å². The van der Waals surface area contributed by atoms with Crippen LogP contribution in [0.4, 0.5) is 5.82 Å². The number of benzene rings is 1. The molecule has 7 heteroatoms. The smallest absolute Gasteiger partial charge is 0.153 e. The molecule has 3 aromatic rings. The summed E-state index contributed by atoms with van der Waals surface area (Å²) in [5, 5.41) is 10.6. The lowest BCUT2D eigenvalue weighted by Gasteiger charge is -2.27. The van der Waals surface area contributed by atoms with Crippen molar-refractivity contribution in [1.82, 2.24) is 24.1 Å². The molecular formula is C17H18N6S. The molecule has 1 aliphatic heterocycles. The summed E-state index contributed by atoms with van der Waals surface area (Å²) in [6.45, 7) is 4.86. The van der Waals surface area contributed by atoms with Gasteiger partial charge in [-0.05, 0) is 37.4 Å². The van der Waals surface area contributed by atoms with E-state index in [9.17, 15) is 0 Å². The minimum atomic E-state index is 0.747. The van der Waals surface area contributed by atoms with Crippen LogP contribution < -0.4 is 5.32 Å². The van der Waals surface area contributed by atoms with Crippen molar-refractivity contribution in [3.63, 3.8) is 0 Å². The molecule has 0 radical (unpaired) electrons. The Kier molecular flexibility index (Phi) is 3.78. The fourth-order valence-electron chi connectivity index (χ4n) is 2.60. The van der Waals surface area contributed by atoms with E-state index in [1.807, 2.05) is 25.4 Å². The van der Waals surface area contributed by atoms with E-state index < -0.39 is 0 Å². The van der Waals surface area contributed by atoms with Gasteiger partial charge in [-0.15, -0.1) is 0 Å². The Morgan fingerprint density at radius 1 is 1.25 bits per heavy atom. The number of imidazole rings is 1. The van der Waals surface area contributed by atoms with Gasteiger partial charge in [0.15, 0.2) is 5.82 Å². The quantitative estimate of drug-likeness (QED) is 0.712. The normalized spacial score (nSPS) is 13.6. The fraction of sp³-hybridized carbons (Fsp3) is 0.176. The third kappa shape index (κ3) is 2.90. The average molecular weight is 338 g/mol. The van der Waals surface area contributed by atoms with E-state index in [1.54, 1.807) is 11.9 Å². The van der Waals surface area contributed by atoms with E-state index in [0.29, 0.717) is 0 Å². The molecule has 24 heavy (non-hydrogen) atoms. The number of hydrogen-bond acceptors (Lipinski definition) is 5. The Balaban J connectivity index is 1.62. The summed E-state index contributed by atoms with van der Waals surface area (Å²) in [7, 11) is 0. The van der Waals surface area contributed by atoms with Gasteiger partial charge >= 0.3 is 0 Å². The number of fused-ring (bicyclic) bond motifs is 1. The first-order valence-corrected chi connectivity index (χ1v) is 8.50. The number of anilines is 1. The van der Waals surface area contributed by atoms with Crippen LogP contribution in [-0.4, -0.2) is 24.1 Å². The molecule has 1 aliphatic rings. The highest BCUT2D eigenvalue weighted by molar-refractivity contribution is 7.97. The Morgan fingerprint density at radius 2 is 2.12 bits per heavy atom. The topological polar surface area (TPSA) is 61.8 Å². The molecule has 122 valence electrons. The predicted octanol–water partition coefficient (Wildman–Crippen LogP) is 3.61. The minimum absolute atomic E-state index is 0.747. The van der Waals surface area contributed by atoms with Gasteiger partial charge in [-0.2, -0.15) is 5.10 Å². The van der Waals surface area contributed by atoms with Crippen LogP contribution in [0.15, 0.2) is 53.8 Å². The summed E-state index contributed by atoms with van der Waals surface area (Å²) in [5.41, 5.74) is 2.29. The molecule has 0 atom stereocenters. The largest absolute Gasteiger partial charge is 0.323 e. The molecule has 1 aromatic carbocycles. The monoisotopic (exact) mass is 338 g/mol. The van der Waals surface area contributed by atoms with Gasteiger partial charge < -0.3 is 9.62 Å². The van der Waals surface area contributed by atoms with Crippen molar-refractivity contribution in [3.8, 4) is 0 Å². The number of aromatic nitrogens is 4. The number of aromatic amines is 1. The molecule has 0 bridgehead atoms. The van der Waals surface area contributed by atoms with Gasteiger partial charge in [0.1, 0.15) is 11.6 Å². The molecule has 3 heterocycles. The number of aryl methyl sites for hydroxylation is 2. The summed E-state index contributed by atoms with van der Waals surface area (Å²) in [4.78, 5) is 5.71. The molecule has 0 aliphatic carbocycles. The number of H-pyrrole nitrogens is 1. The molecule has 0 saturated carbocycles. The first-order valence-electron chi connectivity index (χ1n) is 7.73. The zero-order chi connectivity index (χ0) is 16.5. The number of nitrogens with one attached hydrogen (secondary N) is 2. The van der Waals surface area contributed by atoms with Crippen molar-refractivity contribution in [2.45, 2.75) is 25.3 Å². The van der Waals surface area contributed by atoms with Gasteiger partial charge in [0.2, 0.25) is 0 Å². The van der Waals surface area contributed by atoms with Crippen molar-refractivity contribution in [3.05, 3.63) is 66.0 Å². The predicted molar refractivity (Wildman–Crippen MR) is 96.0 cm³/mol. The number of nitrogens with zero attached hydrogens (tertiary/aromatic N) is 4. The Hall–Kier alpha value is -2.67. The van der Waals surface area contributed by atoms with E-state index in [1.165, 1.54) is 10.5 Å². The van der Waals surface area contributed by atoms with E-state index in [2.05, 4.69) is 66.8 Å². The summed E-state index contributed by atoms with van der Waals surface area (Å²) in [6, 6.07) is 10.4. The fourth-order valence-corrected chi connectivity index (χ4v) is 3.54. The van der Waals surface area contributed by atoms with Crippen molar-refractivity contribution in [2.75, 3.05) is 5.32 Å². The average Bonchev–Trinajstić information content (AvgIpc) is 3.19. The highest BCUT2D eigenvalue weighted by atomic mass is 32.2. The van der Waals surface area contributed by atoms with Crippen molar-refractivity contribution in [1.29, 1.82) is 0 Å². The molecule has 0 spiro atoms. The lowest BCUT2D eigenvalue weighted by Crippen LogP contribution is -2.23. The van der Waals surface area contributed by atoms with Crippen molar-refractivity contribution >= 4 is 23.6 Å². The summed E-state index contributed by atoms with van der Waals surface area (Å²) in [6.07, 6.45) is 5.88. The van der Waals surface area contributed by atoms with Gasteiger partial charge in [0.05, 0.1) is 12.7 Å². The minimum Gasteiger partial charge on any atom is -0.323 e. The Labute approximate surface area is 144 Å². The summed E-state index contributed by atoms with van der Waals surface area (Å²) >= 11 is 1.71. The third-order valence-corrected chi connectivity index (χ3v) is 4.94. The molecule has 4 rings (SSSR count). The molecule has 0 fully saturated rings. The van der Waals surface area contributed by atoms with Crippen LogP contribution in [-0.2, 0) is 6.54 Å². The second-order valence-electron chi connectivity index (χ2n) is 5.72. The summed E-state index contributed by atoms with van der Waals surface area (Å²) < 4.78 is 4.24.